The lowest BCUT2D eigenvalue weighted by Gasteiger charge is -2.39. The third-order valence-electron chi connectivity index (χ3n) is 5.50. The van der Waals surface area contributed by atoms with Crippen molar-refractivity contribution in [2.75, 3.05) is 16.8 Å². The number of fused-ring (bicyclic) bond motifs is 2. The van der Waals surface area contributed by atoms with E-state index in [0.29, 0.717) is 0 Å². The van der Waals surface area contributed by atoms with Gasteiger partial charge in [0.25, 0.3) is 0 Å². The second-order valence-electron chi connectivity index (χ2n) is 7.07. The number of anilines is 3. The van der Waals surface area contributed by atoms with Crippen LogP contribution in [0.5, 0.6) is 0 Å². The standard InChI is InChI=1S/C22H21BN4/c1-17-26(19-10-4-3-5-11-19)22-21(13-8-15-24-22)27(17)23-20-12-7-6-9-18(20)14-16-25(23)2/h3-17H,1-2H3/t17-/m0/s1. The first-order valence-corrected chi connectivity index (χ1v) is 9.32. The van der Waals surface area contributed by atoms with Crippen LogP contribution >= 0.6 is 0 Å². The van der Waals surface area contributed by atoms with Gasteiger partial charge in [0.05, 0.1) is 11.9 Å². The molecule has 2 aromatic carbocycles. The van der Waals surface area contributed by atoms with Crippen LogP contribution < -0.4 is 15.2 Å². The van der Waals surface area contributed by atoms with Crippen molar-refractivity contribution in [2.45, 2.75) is 13.1 Å². The van der Waals surface area contributed by atoms with Crippen LogP contribution in [0.25, 0.3) is 6.08 Å². The molecule has 0 unspecified atom stereocenters. The SMILES string of the molecule is C[C@@H]1N(B2c3ccccc3C=CN2C)c2cccnc2N1c1ccccc1. The van der Waals surface area contributed by atoms with Crippen molar-refractivity contribution in [3.63, 3.8) is 0 Å². The second-order valence-corrected chi connectivity index (χ2v) is 7.07. The average molecular weight is 352 g/mol. The third-order valence-corrected chi connectivity index (χ3v) is 5.50. The number of benzene rings is 2. The summed E-state index contributed by atoms with van der Waals surface area (Å²) in [5, 5.41) is 0. The van der Waals surface area contributed by atoms with Gasteiger partial charge < -0.3 is 14.5 Å². The van der Waals surface area contributed by atoms with E-state index in [0.717, 1.165) is 17.2 Å². The van der Waals surface area contributed by atoms with E-state index in [-0.39, 0.29) is 13.1 Å². The molecule has 0 amide bonds. The van der Waals surface area contributed by atoms with Crippen molar-refractivity contribution in [2.24, 2.45) is 0 Å². The molecule has 0 spiro atoms. The summed E-state index contributed by atoms with van der Waals surface area (Å²) in [7, 11) is 2.14. The maximum atomic E-state index is 4.74. The van der Waals surface area contributed by atoms with Gasteiger partial charge in [0.1, 0.15) is 0 Å². The molecule has 27 heavy (non-hydrogen) atoms. The Hall–Kier alpha value is -3.21. The smallest absolute Gasteiger partial charge is 0.401 e. The summed E-state index contributed by atoms with van der Waals surface area (Å²) >= 11 is 0. The van der Waals surface area contributed by atoms with Crippen LogP contribution in [0.4, 0.5) is 17.2 Å². The molecule has 0 bridgehead atoms. The molecule has 0 aliphatic carbocycles. The summed E-state index contributed by atoms with van der Waals surface area (Å²) in [4.78, 5) is 11.8. The zero-order valence-electron chi connectivity index (χ0n) is 15.5. The lowest BCUT2D eigenvalue weighted by atomic mass is 9.60. The first-order valence-electron chi connectivity index (χ1n) is 9.32. The van der Waals surface area contributed by atoms with Gasteiger partial charge in [-0.1, -0.05) is 42.5 Å². The molecule has 0 saturated carbocycles. The minimum absolute atomic E-state index is 0.123. The van der Waals surface area contributed by atoms with Crippen molar-refractivity contribution < 1.29 is 0 Å². The summed E-state index contributed by atoms with van der Waals surface area (Å²) in [5.74, 6) is 1.01. The van der Waals surface area contributed by atoms with E-state index in [1.807, 2.05) is 12.3 Å². The number of para-hydroxylation sites is 1. The minimum Gasteiger partial charge on any atom is -0.401 e. The van der Waals surface area contributed by atoms with Crippen LogP contribution in [0.1, 0.15) is 12.5 Å². The van der Waals surface area contributed by atoms with Gasteiger partial charge >= 0.3 is 6.98 Å². The van der Waals surface area contributed by atoms with Gasteiger partial charge in [0.2, 0.25) is 0 Å². The molecule has 3 heterocycles. The molecular weight excluding hydrogens is 331 g/mol. The highest BCUT2D eigenvalue weighted by atomic mass is 15.4. The molecule has 5 heteroatoms. The van der Waals surface area contributed by atoms with E-state index in [9.17, 15) is 0 Å². The molecule has 0 radical (unpaired) electrons. The van der Waals surface area contributed by atoms with Crippen LogP contribution in [0.15, 0.2) is 79.1 Å². The van der Waals surface area contributed by atoms with E-state index in [1.54, 1.807) is 0 Å². The lowest BCUT2D eigenvalue weighted by molar-refractivity contribution is 0.677. The van der Waals surface area contributed by atoms with Crippen LogP contribution in [0.3, 0.4) is 0 Å². The van der Waals surface area contributed by atoms with Crippen LogP contribution in [0, 0.1) is 0 Å². The summed E-state index contributed by atoms with van der Waals surface area (Å²) in [6.45, 7) is 2.38. The molecule has 0 saturated heterocycles. The molecule has 0 N–H and O–H groups in total. The normalized spacial score (nSPS) is 17.9. The Morgan fingerprint density at radius 1 is 0.926 bits per heavy atom. The van der Waals surface area contributed by atoms with Gasteiger partial charge in [-0.3, -0.25) is 0 Å². The summed E-state index contributed by atoms with van der Waals surface area (Å²) < 4.78 is 0. The molecule has 1 aromatic heterocycles. The number of hydrogen-bond acceptors (Lipinski definition) is 4. The highest BCUT2D eigenvalue weighted by molar-refractivity contribution is 6.76. The van der Waals surface area contributed by atoms with E-state index < -0.39 is 0 Å². The first kappa shape index (κ1) is 16.0. The molecular formula is C22H21BN4. The zero-order valence-corrected chi connectivity index (χ0v) is 15.5. The van der Waals surface area contributed by atoms with Gasteiger partial charge in [-0.15, -0.1) is 0 Å². The first-order chi connectivity index (χ1) is 13.3. The van der Waals surface area contributed by atoms with Gasteiger partial charge in [-0.05, 0) is 61.5 Å². The zero-order chi connectivity index (χ0) is 18.4. The van der Waals surface area contributed by atoms with E-state index in [2.05, 4.69) is 101 Å². The van der Waals surface area contributed by atoms with Crippen molar-refractivity contribution in [1.29, 1.82) is 0 Å². The van der Waals surface area contributed by atoms with Crippen molar-refractivity contribution in [3.05, 3.63) is 84.7 Å². The molecule has 132 valence electrons. The Labute approximate surface area is 160 Å². The number of nitrogens with zero attached hydrogens (tertiary/aromatic N) is 4. The lowest BCUT2D eigenvalue weighted by Crippen LogP contribution is -2.62. The van der Waals surface area contributed by atoms with Crippen molar-refractivity contribution in [1.82, 2.24) is 9.79 Å². The molecule has 3 aromatic rings. The van der Waals surface area contributed by atoms with E-state index >= 15 is 0 Å². The predicted molar refractivity (Wildman–Crippen MR) is 113 cm³/mol. The molecule has 2 aliphatic heterocycles. The molecule has 4 nitrogen and oxygen atoms in total. The quantitative estimate of drug-likeness (QED) is 0.656. The van der Waals surface area contributed by atoms with Crippen molar-refractivity contribution >= 4 is 35.7 Å². The van der Waals surface area contributed by atoms with Crippen LogP contribution in [-0.2, 0) is 0 Å². The molecule has 2 aliphatic rings. The predicted octanol–water partition coefficient (Wildman–Crippen LogP) is 3.70. The Morgan fingerprint density at radius 2 is 1.70 bits per heavy atom. The van der Waals surface area contributed by atoms with E-state index in [4.69, 9.17) is 4.98 Å². The Balaban J connectivity index is 1.66. The van der Waals surface area contributed by atoms with Crippen LogP contribution in [-0.4, -0.2) is 30.0 Å². The number of hydrogen-bond donors (Lipinski definition) is 0. The summed E-state index contributed by atoms with van der Waals surface area (Å²) in [6.07, 6.45) is 6.38. The highest BCUT2D eigenvalue weighted by Crippen LogP contribution is 2.43. The van der Waals surface area contributed by atoms with E-state index in [1.165, 1.54) is 11.0 Å². The molecule has 5 rings (SSSR count). The summed E-state index contributed by atoms with van der Waals surface area (Å²) in [6, 6.07) is 23.4. The fourth-order valence-electron chi connectivity index (χ4n) is 4.28. The van der Waals surface area contributed by atoms with Gasteiger partial charge in [0.15, 0.2) is 5.82 Å². The fraction of sp³-hybridized carbons (Fsp3) is 0.136. The second kappa shape index (κ2) is 6.20. The maximum absolute atomic E-state index is 4.74. The topological polar surface area (TPSA) is 22.6 Å². The number of aromatic nitrogens is 1. The van der Waals surface area contributed by atoms with Crippen LogP contribution in [0.2, 0.25) is 0 Å². The monoisotopic (exact) mass is 352 g/mol. The highest BCUT2D eigenvalue weighted by Gasteiger charge is 2.44. The third kappa shape index (κ3) is 2.42. The Bertz CT molecular complexity index is 1000. The Kier molecular flexibility index (Phi) is 3.67. The summed E-state index contributed by atoms with van der Waals surface area (Å²) in [5.41, 5.74) is 4.92. The minimum atomic E-state index is 0.123. The maximum Gasteiger partial charge on any atom is 0.412 e. The van der Waals surface area contributed by atoms with Crippen molar-refractivity contribution in [3.8, 4) is 0 Å². The van der Waals surface area contributed by atoms with Gasteiger partial charge in [-0.2, -0.15) is 0 Å². The van der Waals surface area contributed by atoms with Gasteiger partial charge in [0, 0.05) is 11.9 Å². The Morgan fingerprint density at radius 3 is 2.56 bits per heavy atom. The number of pyridine rings is 1. The molecule has 0 fully saturated rings. The average Bonchev–Trinajstić information content (AvgIpc) is 3.00. The molecule has 1 atom stereocenters. The van der Waals surface area contributed by atoms with Gasteiger partial charge in [-0.25, -0.2) is 4.98 Å². The fourth-order valence-corrected chi connectivity index (χ4v) is 4.28. The largest absolute Gasteiger partial charge is 0.412 e. The number of rotatable bonds is 2.